The summed E-state index contributed by atoms with van der Waals surface area (Å²) in [6.45, 7) is 5.71. The summed E-state index contributed by atoms with van der Waals surface area (Å²) in [6, 6.07) is 0.0886. The van der Waals surface area contributed by atoms with Crippen molar-refractivity contribution in [2.75, 3.05) is 39.8 Å². The van der Waals surface area contributed by atoms with Gasteiger partial charge in [-0.25, -0.2) is 9.78 Å². The lowest BCUT2D eigenvalue weighted by molar-refractivity contribution is -0.128. The molecule has 0 unspecified atom stereocenters. The number of aromatic nitrogens is 1. The largest absolute Gasteiger partial charge is 0.444 e. The molecule has 2 fully saturated rings. The standard InChI is InChI=1S/C16H25N5O3/c1-3-13-8-18-14(24-13)10-19(2)12-4-6-20(9-12)11-15(22)21-7-5-17-16(21)23/h8,12H,3-7,9-11H2,1-2H3,(H,17,23)/t12-/m0/s1. The number of urea groups is 1. The average molecular weight is 335 g/mol. The van der Waals surface area contributed by atoms with Gasteiger partial charge in [-0.1, -0.05) is 6.92 Å². The van der Waals surface area contributed by atoms with Crippen molar-refractivity contribution in [2.45, 2.75) is 32.4 Å². The lowest BCUT2D eigenvalue weighted by Gasteiger charge is -2.23. The normalized spacial score (nSPS) is 21.7. The maximum absolute atomic E-state index is 12.2. The molecule has 2 aliphatic rings. The number of carbonyl (C=O) groups excluding carboxylic acids is 2. The molecular formula is C16H25N5O3. The van der Waals surface area contributed by atoms with E-state index in [-0.39, 0.29) is 11.9 Å². The van der Waals surface area contributed by atoms with Crippen LogP contribution >= 0.6 is 0 Å². The van der Waals surface area contributed by atoms with Crippen molar-refractivity contribution in [3.05, 3.63) is 17.8 Å². The molecule has 132 valence electrons. The second kappa shape index (κ2) is 7.31. The summed E-state index contributed by atoms with van der Waals surface area (Å²) < 4.78 is 5.66. The van der Waals surface area contributed by atoms with Crippen LogP contribution in [-0.4, -0.2) is 77.4 Å². The average Bonchev–Trinajstić information content (AvgIpc) is 3.27. The van der Waals surface area contributed by atoms with Gasteiger partial charge >= 0.3 is 6.03 Å². The lowest BCUT2D eigenvalue weighted by Crippen LogP contribution is -2.42. The Morgan fingerprint density at radius 3 is 3.00 bits per heavy atom. The number of rotatable bonds is 6. The summed E-state index contributed by atoms with van der Waals surface area (Å²) >= 11 is 0. The fourth-order valence-corrected chi connectivity index (χ4v) is 3.23. The smallest absolute Gasteiger partial charge is 0.324 e. The zero-order valence-corrected chi connectivity index (χ0v) is 14.3. The molecule has 8 heteroatoms. The van der Waals surface area contributed by atoms with Gasteiger partial charge in [0.2, 0.25) is 11.8 Å². The van der Waals surface area contributed by atoms with E-state index in [0.717, 1.165) is 37.6 Å². The third-order valence-electron chi connectivity index (χ3n) is 4.72. The van der Waals surface area contributed by atoms with Crippen LogP contribution in [-0.2, 0) is 17.8 Å². The van der Waals surface area contributed by atoms with Crippen molar-refractivity contribution in [1.29, 1.82) is 0 Å². The van der Waals surface area contributed by atoms with Gasteiger partial charge in [0.05, 0.1) is 19.3 Å². The number of carbonyl (C=O) groups is 2. The summed E-state index contributed by atoms with van der Waals surface area (Å²) in [6.07, 6.45) is 3.63. The Hall–Kier alpha value is -1.93. The van der Waals surface area contributed by atoms with Gasteiger partial charge in [0.1, 0.15) is 5.76 Å². The van der Waals surface area contributed by atoms with E-state index in [1.165, 1.54) is 4.90 Å². The highest BCUT2D eigenvalue weighted by Crippen LogP contribution is 2.17. The number of nitrogens with one attached hydrogen (secondary N) is 1. The summed E-state index contributed by atoms with van der Waals surface area (Å²) in [4.78, 5) is 33.7. The highest BCUT2D eigenvalue weighted by molar-refractivity contribution is 5.96. The molecule has 1 aromatic heterocycles. The molecule has 2 saturated heterocycles. The number of likely N-dealkylation sites (N-methyl/N-ethyl adjacent to an activating group) is 1. The van der Waals surface area contributed by atoms with E-state index >= 15 is 0 Å². The van der Waals surface area contributed by atoms with Gasteiger partial charge in [-0.3, -0.25) is 19.5 Å². The molecule has 0 aromatic carbocycles. The number of oxazole rings is 1. The van der Waals surface area contributed by atoms with Gasteiger partial charge in [0.25, 0.3) is 0 Å². The van der Waals surface area contributed by atoms with E-state index in [1.807, 2.05) is 6.92 Å². The highest BCUT2D eigenvalue weighted by Gasteiger charge is 2.31. The van der Waals surface area contributed by atoms with E-state index in [0.29, 0.717) is 32.2 Å². The van der Waals surface area contributed by atoms with Crippen LogP contribution in [0.15, 0.2) is 10.6 Å². The first-order chi connectivity index (χ1) is 11.6. The fourth-order valence-electron chi connectivity index (χ4n) is 3.23. The maximum Gasteiger partial charge on any atom is 0.324 e. The minimum absolute atomic E-state index is 0.117. The number of amides is 3. The third-order valence-corrected chi connectivity index (χ3v) is 4.72. The van der Waals surface area contributed by atoms with E-state index in [9.17, 15) is 9.59 Å². The first kappa shape index (κ1) is 16.9. The molecule has 24 heavy (non-hydrogen) atoms. The van der Waals surface area contributed by atoms with Crippen molar-refractivity contribution in [3.63, 3.8) is 0 Å². The summed E-state index contributed by atoms with van der Waals surface area (Å²) in [5.41, 5.74) is 0. The predicted octanol–water partition coefficient (Wildman–Crippen LogP) is 0.295. The SMILES string of the molecule is CCc1cnc(CN(C)[C@H]2CCN(CC(=O)N3CCNC3=O)C2)o1. The van der Waals surface area contributed by atoms with Crippen molar-refractivity contribution < 1.29 is 14.0 Å². The molecule has 0 bridgehead atoms. The van der Waals surface area contributed by atoms with Crippen LogP contribution in [0.2, 0.25) is 0 Å². The van der Waals surface area contributed by atoms with E-state index in [4.69, 9.17) is 4.42 Å². The molecule has 3 heterocycles. The van der Waals surface area contributed by atoms with E-state index in [1.54, 1.807) is 6.20 Å². The highest BCUT2D eigenvalue weighted by atomic mass is 16.4. The lowest BCUT2D eigenvalue weighted by atomic mass is 10.2. The monoisotopic (exact) mass is 335 g/mol. The van der Waals surface area contributed by atoms with Gasteiger partial charge < -0.3 is 9.73 Å². The quantitative estimate of drug-likeness (QED) is 0.805. The van der Waals surface area contributed by atoms with Crippen LogP contribution in [0.4, 0.5) is 4.79 Å². The molecular weight excluding hydrogens is 310 g/mol. The van der Waals surface area contributed by atoms with Gasteiger partial charge in [0, 0.05) is 38.6 Å². The molecule has 8 nitrogen and oxygen atoms in total. The summed E-state index contributed by atoms with van der Waals surface area (Å²) in [7, 11) is 2.06. The Balaban J connectivity index is 1.47. The Bertz CT molecular complexity index is 602. The minimum atomic E-state index is -0.275. The Morgan fingerprint density at radius 1 is 1.50 bits per heavy atom. The van der Waals surface area contributed by atoms with Gasteiger partial charge in [-0.05, 0) is 13.5 Å². The minimum Gasteiger partial charge on any atom is -0.444 e. The van der Waals surface area contributed by atoms with Crippen LogP contribution in [0.5, 0.6) is 0 Å². The van der Waals surface area contributed by atoms with Crippen LogP contribution in [0.3, 0.4) is 0 Å². The number of imide groups is 1. The Morgan fingerprint density at radius 2 is 2.33 bits per heavy atom. The molecule has 0 radical (unpaired) electrons. The van der Waals surface area contributed by atoms with Gasteiger partial charge in [-0.2, -0.15) is 0 Å². The Labute approximate surface area is 141 Å². The molecule has 1 atom stereocenters. The summed E-state index contributed by atoms with van der Waals surface area (Å²) in [5.74, 6) is 1.52. The second-order valence-corrected chi connectivity index (χ2v) is 6.44. The van der Waals surface area contributed by atoms with Crippen molar-refractivity contribution in [1.82, 2.24) is 25.0 Å². The van der Waals surface area contributed by atoms with E-state index in [2.05, 4.69) is 27.1 Å². The topological polar surface area (TPSA) is 81.9 Å². The molecule has 0 aliphatic carbocycles. The molecule has 0 saturated carbocycles. The van der Waals surface area contributed by atoms with Gasteiger partial charge in [0.15, 0.2) is 0 Å². The Kier molecular flexibility index (Phi) is 5.15. The number of aryl methyl sites for hydroxylation is 1. The third kappa shape index (κ3) is 3.76. The zero-order chi connectivity index (χ0) is 17.1. The van der Waals surface area contributed by atoms with Crippen molar-refractivity contribution in [3.8, 4) is 0 Å². The first-order valence-electron chi connectivity index (χ1n) is 8.51. The molecule has 3 rings (SSSR count). The fraction of sp³-hybridized carbons (Fsp3) is 0.688. The zero-order valence-electron chi connectivity index (χ0n) is 14.3. The van der Waals surface area contributed by atoms with Crippen LogP contribution in [0.25, 0.3) is 0 Å². The molecule has 1 aromatic rings. The maximum atomic E-state index is 12.2. The van der Waals surface area contributed by atoms with Crippen molar-refractivity contribution in [2.24, 2.45) is 0 Å². The molecule has 0 spiro atoms. The number of hydrogen-bond acceptors (Lipinski definition) is 6. The second-order valence-electron chi connectivity index (χ2n) is 6.44. The van der Waals surface area contributed by atoms with Gasteiger partial charge in [-0.15, -0.1) is 0 Å². The number of nitrogens with zero attached hydrogens (tertiary/aromatic N) is 4. The number of likely N-dealkylation sites (tertiary alicyclic amines) is 1. The molecule has 2 aliphatic heterocycles. The first-order valence-corrected chi connectivity index (χ1v) is 8.51. The predicted molar refractivity (Wildman–Crippen MR) is 87.3 cm³/mol. The van der Waals surface area contributed by atoms with E-state index < -0.39 is 0 Å². The summed E-state index contributed by atoms with van der Waals surface area (Å²) in [5, 5.41) is 2.66. The molecule has 1 N–H and O–H groups in total. The van der Waals surface area contributed by atoms with Crippen LogP contribution in [0, 0.1) is 0 Å². The number of hydrogen-bond donors (Lipinski definition) is 1. The van der Waals surface area contributed by atoms with Crippen molar-refractivity contribution >= 4 is 11.9 Å². The molecule has 3 amide bonds. The van der Waals surface area contributed by atoms with Crippen LogP contribution in [0.1, 0.15) is 25.0 Å². The van der Waals surface area contributed by atoms with Crippen LogP contribution < -0.4 is 5.32 Å².